The van der Waals surface area contributed by atoms with Gasteiger partial charge < -0.3 is 14.3 Å². The van der Waals surface area contributed by atoms with Crippen LogP contribution in [0.2, 0.25) is 0 Å². The van der Waals surface area contributed by atoms with Crippen LogP contribution in [-0.4, -0.2) is 27.0 Å². The van der Waals surface area contributed by atoms with E-state index in [0.717, 1.165) is 11.0 Å². The van der Waals surface area contributed by atoms with Gasteiger partial charge in [0.15, 0.2) is 0 Å². The van der Waals surface area contributed by atoms with Crippen LogP contribution in [0, 0.1) is 11.3 Å². The van der Waals surface area contributed by atoms with E-state index in [-0.39, 0.29) is 25.3 Å². The minimum absolute atomic E-state index is 0.0178. The Bertz CT molecular complexity index is 873. The summed E-state index contributed by atoms with van der Waals surface area (Å²) in [5.74, 6) is 0.615. The molecule has 0 bridgehead atoms. The van der Waals surface area contributed by atoms with Gasteiger partial charge in [0.25, 0.3) is 5.56 Å². The van der Waals surface area contributed by atoms with Gasteiger partial charge in [0.1, 0.15) is 24.0 Å². The van der Waals surface area contributed by atoms with E-state index in [9.17, 15) is 20.0 Å². The van der Waals surface area contributed by atoms with Gasteiger partial charge in [0.2, 0.25) is 0 Å². The Hall–Kier alpha value is -2.63. The molecular formula is C16H17N3O5. The molecule has 0 aromatic carbocycles. The third-order valence-electron chi connectivity index (χ3n) is 3.97. The van der Waals surface area contributed by atoms with E-state index in [1.165, 1.54) is 10.8 Å². The maximum atomic E-state index is 12.4. The summed E-state index contributed by atoms with van der Waals surface area (Å²) in [6, 6.07) is 5.34. The Kier molecular flexibility index (Phi) is 4.64. The average Bonchev–Trinajstić information content (AvgIpc) is 3.23. The molecule has 2 aromatic heterocycles. The molecule has 1 atom stereocenters. The molecule has 0 amide bonds. The molecule has 1 unspecified atom stereocenters. The highest BCUT2D eigenvalue weighted by Crippen LogP contribution is 2.13. The lowest BCUT2D eigenvalue weighted by Gasteiger charge is -2.14. The highest BCUT2D eigenvalue weighted by atomic mass is 16.5. The van der Waals surface area contributed by atoms with Gasteiger partial charge in [0.05, 0.1) is 25.5 Å². The van der Waals surface area contributed by atoms with Gasteiger partial charge in [-0.3, -0.25) is 13.9 Å². The van der Waals surface area contributed by atoms with Crippen LogP contribution in [0.15, 0.2) is 32.4 Å². The summed E-state index contributed by atoms with van der Waals surface area (Å²) in [6.45, 7) is 0.390. The summed E-state index contributed by atoms with van der Waals surface area (Å²) in [6.07, 6.45) is 1.74. The van der Waals surface area contributed by atoms with Crippen LogP contribution < -0.4 is 11.2 Å². The molecule has 2 aromatic rings. The molecule has 8 heteroatoms. The van der Waals surface area contributed by atoms with Crippen LogP contribution in [0.1, 0.15) is 23.4 Å². The zero-order valence-corrected chi connectivity index (χ0v) is 13.0. The zero-order chi connectivity index (χ0) is 17.1. The number of fused-ring (bicyclic) bond motifs is 1. The number of nitriles is 1. The molecule has 0 saturated carbocycles. The number of hydrogen-bond acceptors (Lipinski definition) is 6. The summed E-state index contributed by atoms with van der Waals surface area (Å²) in [7, 11) is 0. The summed E-state index contributed by atoms with van der Waals surface area (Å²) < 4.78 is 12.8. The van der Waals surface area contributed by atoms with E-state index < -0.39 is 17.4 Å². The fraction of sp³-hybridized carbons (Fsp3) is 0.438. The van der Waals surface area contributed by atoms with Crippen molar-refractivity contribution in [3.8, 4) is 6.07 Å². The number of ether oxygens (including phenoxy) is 1. The van der Waals surface area contributed by atoms with Crippen molar-refractivity contribution in [2.75, 3.05) is 6.61 Å². The molecule has 1 N–H and O–H groups in total. The first-order valence-corrected chi connectivity index (χ1v) is 7.66. The van der Waals surface area contributed by atoms with Gasteiger partial charge in [-0.25, -0.2) is 4.79 Å². The highest BCUT2D eigenvalue weighted by Gasteiger charge is 2.23. The number of aromatic nitrogens is 2. The predicted octanol–water partition coefficient (Wildman–Crippen LogP) is -0.00142. The lowest BCUT2D eigenvalue weighted by molar-refractivity contribution is 0.0135. The topological polar surface area (TPSA) is 110 Å². The molecule has 0 radical (unpaired) electrons. The second kappa shape index (κ2) is 6.86. The number of rotatable bonds is 6. The molecule has 1 aliphatic heterocycles. The maximum Gasteiger partial charge on any atom is 0.331 e. The minimum Gasteiger partial charge on any atom is -0.467 e. The number of aliphatic hydroxyl groups is 1. The fourth-order valence-electron chi connectivity index (χ4n) is 2.86. The Balaban J connectivity index is 1.74. The van der Waals surface area contributed by atoms with Gasteiger partial charge in [0, 0.05) is 12.2 Å². The van der Waals surface area contributed by atoms with Crippen LogP contribution in [0.4, 0.5) is 0 Å². The van der Waals surface area contributed by atoms with Gasteiger partial charge in [-0.15, -0.1) is 0 Å². The summed E-state index contributed by atoms with van der Waals surface area (Å²) >= 11 is 0. The predicted molar refractivity (Wildman–Crippen MR) is 82.4 cm³/mol. The molecule has 8 nitrogen and oxygen atoms in total. The van der Waals surface area contributed by atoms with Crippen molar-refractivity contribution >= 4 is 0 Å². The van der Waals surface area contributed by atoms with Crippen molar-refractivity contribution in [1.82, 2.24) is 9.13 Å². The number of furan rings is 1. The fourth-order valence-corrected chi connectivity index (χ4v) is 2.86. The normalized spacial score (nSPS) is 14.3. The standard InChI is InChI=1S/C16H17N3O5/c17-7-13-14-4-1-5-18(14)16(22)19(15(13)21)8-11(20)9-23-10-12-3-2-6-24-12/h2-3,6,11,20H,1,4-5,8-10H2. The zero-order valence-electron chi connectivity index (χ0n) is 13.0. The Labute approximate surface area is 137 Å². The van der Waals surface area contributed by atoms with E-state index in [0.29, 0.717) is 24.4 Å². The van der Waals surface area contributed by atoms with Crippen LogP contribution in [0.3, 0.4) is 0 Å². The summed E-state index contributed by atoms with van der Waals surface area (Å²) in [4.78, 5) is 24.7. The maximum absolute atomic E-state index is 12.4. The van der Waals surface area contributed by atoms with Gasteiger partial charge in [-0.2, -0.15) is 5.26 Å². The van der Waals surface area contributed by atoms with Gasteiger partial charge >= 0.3 is 5.69 Å². The van der Waals surface area contributed by atoms with Crippen molar-refractivity contribution in [3.05, 3.63) is 56.3 Å². The molecule has 3 rings (SSSR count). The third kappa shape index (κ3) is 3.04. The first kappa shape index (κ1) is 16.2. The molecule has 0 spiro atoms. The van der Waals surface area contributed by atoms with Crippen molar-refractivity contribution in [3.63, 3.8) is 0 Å². The van der Waals surface area contributed by atoms with Crippen molar-refractivity contribution in [2.24, 2.45) is 0 Å². The van der Waals surface area contributed by atoms with Crippen molar-refractivity contribution in [2.45, 2.75) is 38.6 Å². The second-order valence-electron chi connectivity index (χ2n) is 5.64. The Morgan fingerprint density at radius 3 is 3.00 bits per heavy atom. The van der Waals surface area contributed by atoms with E-state index in [2.05, 4.69) is 0 Å². The Morgan fingerprint density at radius 1 is 1.46 bits per heavy atom. The van der Waals surface area contributed by atoms with Crippen molar-refractivity contribution < 1.29 is 14.3 Å². The van der Waals surface area contributed by atoms with Crippen LogP contribution in [-0.2, 0) is 30.9 Å². The summed E-state index contributed by atoms with van der Waals surface area (Å²) in [5.41, 5.74) is -0.666. The first-order valence-electron chi connectivity index (χ1n) is 7.66. The molecule has 1 aliphatic rings. The van der Waals surface area contributed by atoms with Crippen LogP contribution >= 0.6 is 0 Å². The van der Waals surface area contributed by atoms with Crippen LogP contribution in [0.25, 0.3) is 0 Å². The smallest absolute Gasteiger partial charge is 0.331 e. The molecule has 0 aliphatic carbocycles. The molecule has 126 valence electrons. The number of nitrogens with zero attached hydrogens (tertiary/aromatic N) is 3. The molecular weight excluding hydrogens is 314 g/mol. The molecule has 0 saturated heterocycles. The average molecular weight is 331 g/mol. The van der Waals surface area contributed by atoms with Crippen molar-refractivity contribution in [1.29, 1.82) is 5.26 Å². The van der Waals surface area contributed by atoms with Crippen LogP contribution in [0.5, 0.6) is 0 Å². The van der Waals surface area contributed by atoms with Gasteiger partial charge in [-0.05, 0) is 25.0 Å². The second-order valence-corrected chi connectivity index (χ2v) is 5.64. The number of aliphatic hydroxyl groups excluding tert-OH is 1. The number of hydrogen-bond donors (Lipinski definition) is 1. The third-order valence-corrected chi connectivity index (χ3v) is 3.97. The monoisotopic (exact) mass is 331 g/mol. The van der Waals surface area contributed by atoms with E-state index in [4.69, 9.17) is 9.15 Å². The molecule has 0 fully saturated rings. The van der Waals surface area contributed by atoms with E-state index in [1.807, 2.05) is 6.07 Å². The lowest BCUT2D eigenvalue weighted by Crippen LogP contribution is -2.44. The Morgan fingerprint density at radius 2 is 2.29 bits per heavy atom. The molecule has 24 heavy (non-hydrogen) atoms. The molecule has 3 heterocycles. The summed E-state index contributed by atoms with van der Waals surface area (Å²) in [5, 5.41) is 19.2. The van der Waals surface area contributed by atoms with E-state index >= 15 is 0 Å². The first-order chi connectivity index (χ1) is 11.6. The largest absolute Gasteiger partial charge is 0.467 e. The highest BCUT2D eigenvalue weighted by molar-refractivity contribution is 5.32. The van der Waals surface area contributed by atoms with E-state index in [1.54, 1.807) is 12.1 Å². The lowest BCUT2D eigenvalue weighted by atomic mass is 10.2. The minimum atomic E-state index is -1.04. The SMILES string of the molecule is N#Cc1c2n(c(=O)n(CC(O)COCc3ccco3)c1=O)CCC2. The van der Waals surface area contributed by atoms with Gasteiger partial charge in [-0.1, -0.05) is 0 Å². The quantitative estimate of drug-likeness (QED) is 0.797.